The van der Waals surface area contributed by atoms with E-state index in [1.165, 1.54) is 20.3 Å². The first-order valence-electron chi connectivity index (χ1n) is 11.3. The fourth-order valence-corrected chi connectivity index (χ4v) is 4.18. The Hall–Kier alpha value is -3.85. The second kappa shape index (κ2) is 9.79. The predicted octanol–water partition coefficient (Wildman–Crippen LogP) is 5.25. The van der Waals surface area contributed by atoms with Crippen LogP contribution in [0.4, 0.5) is 14.7 Å². The molecule has 0 amide bonds. The van der Waals surface area contributed by atoms with Gasteiger partial charge in [0, 0.05) is 29.8 Å². The quantitative estimate of drug-likeness (QED) is 0.406. The monoisotopic (exact) mass is 478 g/mol. The van der Waals surface area contributed by atoms with E-state index < -0.39 is 11.6 Å². The number of halogens is 2. The Morgan fingerprint density at radius 1 is 1.00 bits per heavy atom. The summed E-state index contributed by atoms with van der Waals surface area (Å²) < 4.78 is 46.3. The summed E-state index contributed by atoms with van der Waals surface area (Å²) in [5.74, 6) is -1.58. The van der Waals surface area contributed by atoms with Gasteiger partial charge in [0.05, 0.1) is 43.8 Å². The molecule has 0 spiro atoms. The van der Waals surface area contributed by atoms with Crippen LogP contribution in [0.1, 0.15) is 12.8 Å². The zero-order valence-corrected chi connectivity index (χ0v) is 19.3. The molecule has 0 radical (unpaired) electrons. The number of benzene rings is 2. The first-order valence-corrected chi connectivity index (χ1v) is 11.3. The van der Waals surface area contributed by atoms with Crippen molar-refractivity contribution in [1.82, 2.24) is 15.0 Å². The van der Waals surface area contributed by atoms with Gasteiger partial charge in [-0.1, -0.05) is 30.3 Å². The Morgan fingerprint density at radius 2 is 1.74 bits per heavy atom. The molecule has 0 unspecified atom stereocenters. The van der Waals surface area contributed by atoms with Crippen molar-refractivity contribution >= 4 is 16.9 Å². The molecule has 5 rings (SSSR count). The molecule has 1 N–H and O–H groups in total. The third-order valence-electron chi connectivity index (χ3n) is 5.94. The lowest BCUT2D eigenvalue weighted by molar-refractivity contribution is 0.0874. The zero-order chi connectivity index (χ0) is 24.4. The highest BCUT2D eigenvalue weighted by Gasteiger charge is 2.24. The molecule has 1 aliphatic rings. The second-order valence-corrected chi connectivity index (χ2v) is 8.20. The van der Waals surface area contributed by atoms with Gasteiger partial charge in [-0.2, -0.15) is 0 Å². The van der Waals surface area contributed by atoms with Crippen LogP contribution in [0.15, 0.2) is 48.7 Å². The highest BCUT2D eigenvalue weighted by molar-refractivity contribution is 5.94. The Kier molecular flexibility index (Phi) is 6.41. The van der Waals surface area contributed by atoms with Crippen molar-refractivity contribution < 1.29 is 23.0 Å². The summed E-state index contributed by atoms with van der Waals surface area (Å²) in [4.78, 5) is 13.8. The van der Waals surface area contributed by atoms with Gasteiger partial charge in [0.25, 0.3) is 0 Å². The molecule has 35 heavy (non-hydrogen) atoms. The standard InChI is InChI=1S/C26H24F2N4O3/c1-33-19-12-20(34-2)23(28)21(22(19)27)18-11-16-13-29-26(30-17-9-6-10-35-14-17)32-25(16)24(31-18)15-7-4-3-5-8-15/h3-5,7-8,11-13,17H,6,9-10,14H2,1-2H3,(H,29,30,32)/t17-/m0/s1. The summed E-state index contributed by atoms with van der Waals surface area (Å²) in [7, 11) is 2.62. The molecule has 9 heteroatoms. The highest BCUT2D eigenvalue weighted by atomic mass is 19.1. The molecule has 1 fully saturated rings. The van der Waals surface area contributed by atoms with E-state index in [1.54, 1.807) is 12.3 Å². The van der Waals surface area contributed by atoms with E-state index in [0.717, 1.165) is 25.0 Å². The van der Waals surface area contributed by atoms with Crippen molar-refractivity contribution in [3.63, 3.8) is 0 Å². The van der Waals surface area contributed by atoms with E-state index in [9.17, 15) is 0 Å². The number of aromatic nitrogens is 3. The average Bonchev–Trinajstić information content (AvgIpc) is 2.90. The van der Waals surface area contributed by atoms with Crippen LogP contribution in [0.2, 0.25) is 0 Å². The highest BCUT2D eigenvalue weighted by Crippen LogP contribution is 2.39. The number of ether oxygens (including phenoxy) is 3. The average molecular weight is 478 g/mol. The zero-order valence-electron chi connectivity index (χ0n) is 19.3. The van der Waals surface area contributed by atoms with Crippen molar-refractivity contribution in [1.29, 1.82) is 0 Å². The topological polar surface area (TPSA) is 78.4 Å². The van der Waals surface area contributed by atoms with Crippen LogP contribution in [0, 0.1) is 11.6 Å². The number of anilines is 1. The molecule has 1 aliphatic heterocycles. The van der Waals surface area contributed by atoms with E-state index in [-0.39, 0.29) is 28.8 Å². The summed E-state index contributed by atoms with van der Waals surface area (Å²) in [6.07, 6.45) is 3.55. The fraction of sp³-hybridized carbons (Fsp3) is 0.269. The van der Waals surface area contributed by atoms with Crippen molar-refractivity contribution in [3.05, 3.63) is 60.3 Å². The van der Waals surface area contributed by atoms with Gasteiger partial charge in [0.2, 0.25) is 5.95 Å². The van der Waals surface area contributed by atoms with Gasteiger partial charge in [0.1, 0.15) is 5.52 Å². The van der Waals surface area contributed by atoms with E-state index in [0.29, 0.717) is 29.2 Å². The van der Waals surface area contributed by atoms with Crippen LogP contribution in [0.3, 0.4) is 0 Å². The molecule has 1 atom stereocenters. The summed E-state index contributed by atoms with van der Waals surface area (Å²) in [5, 5.41) is 3.90. The van der Waals surface area contributed by atoms with Crippen LogP contribution in [-0.4, -0.2) is 48.4 Å². The maximum Gasteiger partial charge on any atom is 0.223 e. The van der Waals surface area contributed by atoms with Gasteiger partial charge < -0.3 is 19.5 Å². The predicted molar refractivity (Wildman–Crippen MR) is 129 cm³/mol. The lowest BCUT2D eigenvalue weighted by Gasteiger charge is -2.23. The smallest absolute Gasteiger partial charge is 0.223 e. The number of hydrogen-bond donors (Lipinski definition) is 1. The number of methoxy groups -OCH3 is 2. The Morgan fingerprint density at radius 3 is 2.40 bits per heavy atom. The van der Waals surface area contributed by atoms with E-state index in [2.05, 4.69) is 15.3 Å². The molecular formula is C26H24F2N4O3. The molecule has 0 saturated carbocycles. The lowest BCUT2D eigenvalue weighted by Crippen LogP contribution is -2.30. The molecule has 2 aromatic heterocycles. The van der Waals surface area contributed by atoms with E-state index >= 15 is 8.78 Å². The molecule has 0 aliphatic carbocycles. The molecule has 7 nitrogen and oxygen atoms in total. The third kappa shape index (κ3) is 4.46. The van der Waals surface area contributed by atoms with E-state index in [4.69, 9.17) is 19.2 Å². The maximum absolute atomic E-state index is 15.3. The molecule has 1 saturated heterocycles. The number of fused-ring (bicyclic) bond motifs is 1. The van der Waals surface area contributed by atoms with Gasteiger partial charge in [-0.3, -0.25) is 0 Å². The molecule has 2 aromatic carbocycles. The second-order valence-electron chi connectivity index (χ2n) is 8.20. The van der Waals surface area contributed by atoms with Gasteiger partial charge in [0.15, 0.2) is 23.1 Å². The minimum absolute atomic E-state index is 0.0774. The van der Waals surface area contributed by atoms with Crippen LogP contribution in [-0.2, 0) is 4.74 Å². The number of nitrogens with zero attached hydrogens (tertiary/aromatic N) is 3. The third-order valence-corrected chi connectivity index (χ3v) is 5.94. The van der Waals surface area contributed by atoms with Gasteiger partial charge in [-0.25, -0.2) is 23.7 Å². The first-order chi connectivity index (χ1) is 17.1. The summed E-state index contributed by atoms with van der Waals surface area (Å²) in [6, 6.07) is 12.2. The SMILES string of the molecule is COc1cc(OC)c(F)c(-c2cc3cnc(N[C@H]4CCCOC4)nc3c(-c3ccccc3)n2)c1F. The van der Waals surface area contributed by atoms with Crippen LogP contribution >= 0.6 is 0 Å². The minimum atomic E-state index is -0.867. The molecular weight excluding hydrogens is 454 g/mol. The number of rotatable bonds is 6. The first kappa shape index (κ1) is 22.9. The van der Waals surface area contributed by atoms with Crippen LogP contribution < -0.4 is 14.8 Å². The lowest BCUT2D eigenvalue weighted by atomic mass is 10.0. The van der Waals surface area contributed by atoms with Crippen molar-refractivity contribution in [3.8, 4) is 34.0 Å². The Balaban J connectivity index is 1.70. The Labute approximate surface area is 201 Å². The summed E-state index contributed by atoms with van der Waals surface area (Å²) in [5.41, 5.74) is 1.52. The van der Waals surface area contributed by atoms with Crippen LogP contribution in [0.25, 0.3) is 33.4 Å². The molecule has 180 valence electrons. The van der Waals surface area contributed by atoms with Gasteiger partial charge >= 0.3 is 0 Å². The number of nitrogens with one attached hydrogen (secondary N) is 1. The van der Waals surface area contributed by atoms with Gasteiger partial charge in [-0.15, -0.1) is 0 Å². The van der Waals surface area contributed by atoms with E-state index in [1.807, 2.05) is 30.3 Å². The fourth-order valence-electron chi connectivity index (χ4n) is 4.18. The Bertz CT molecular complexity index is 1330. The minimum Gasteiger partial charge on any atom is -0.494 e. The summed E-state index contributed by atoms with van der Waals surface area (Å²) >= 11 is 0. The molecule has 0 bridgehead atoms. The summed E-state index contributed by atoms with van der Waals surface area (Å²) in [6.45, 7) is 1.34. The van der Waals surface area contributed by atoms with Crippen molar-refractivity contribution in [2.24, 2.45) is 0 Å². The van der Waals surface area contributed by atoms with Crippen molar-refractivity contribution in [2.75, 3.05) is 32.8 Å². The number of hydrogen-bond acceptors (Lipinski definition) is 7. The maximum atomic E-state index is 15.3. The van der Waals surface area contributed by atoms with Crippen molar-refractivity contribution in [2.45, 2.75) is 18.9 Å². The number of pyridine rings is 1. The molecule has 3 heterocycles. The molecule has 4 aromatic rings. The largest absolute Gasteiger partial charge is 0.494 e. The normalized spacial score (nSPS) is 15.7. The van der Waals surface area contributed by atoms with Crippen LogP contribution in [0.5, 0.6) is 11.5 Å². The van der Waals surface area contributed by atoms with Gasteiger partial charge in [-0.05, 0) is 18.9 Å².